The summed E-state index contributed by atoms with van der Waals surface area (Å²) >= 11 is 5.91. The predicted molar refractivity (Wildman–Crippen MR) is 98.6 cm³/mol. The number of benzene rings is 1. The molecule has 0 spiro atoms. The van der Waals surface area contributed by atoms with Crippen LogP contribution in [0.15, 0.2) is 24.3 Å². The number of nitrogens with one attached hydrogen (secondary N) is 2. The molecule has 142 valence electrons. The molecule has 1 saturated carbocycles. The van der Waals surface area contributed by atoms with E-state index in [2.05, 4.69) is 16.7 Å². The van der Waals surface area contributed by atoms with Gasteiger partial charge in [-0.1, -0.05) is 30.7 Å². The Morgan fingerprint density at radius 3 is 2.56 bits per heavy atom. The van der Waals surface area contributed by atoms with Crippen LogP contribution in [0.25, 0.3) is 0 Å². The Hall–Kier alpha value is -2.59. The molecule has 1 saturated heterocycles. The molecular formula is C19H21ClN4O3. The first kappa shape index (κ1) is 19.2. The summed E-state index contributed by atoms with van der Waals surface area (Å²) in [6.45, 7) is 3.03. The zero-order chi connectivity index (χ0) is 19.8. The Labute approximate surface area is 162 Å². The lowest BCUT2D eigenvalue weighted by molar-refractivity contribution is -0.135. The van der Waals surface area contributed by atoms with Crippen LogP contribution < -0.4 is 10.6 Å². The first-order valence-electron chi connectivity index (χ1n) is 8.88. The molecule has 0 radical (unpaired) electrons. The number of imide groups is 1. The van der Waals surface area contributed by atoms with Gasteiger partial charge in [-0.3, -0.25) is 14.5 Å². The number of nitrogens with zero attached hydrogens (tertiary/aromatic N) is 2. The minimum Gasteiger partial charge on any atom is -0.336 e. The van der Waals surface area contributed by atoms with E-state index in [0.717, 1.165) is 17.7 Å². The average molecular weight is 389 g/mol. The molecule has 2 N–H and O–H groups in total. The maximum atomic E-state index is 13.0. The lowest BCUT2D eigenvalue weighted by Gasteiger charge is -2.26. The molecule has 0 bridgehead atoms. The van der Waals surface area contributed by atoms with E-state index in [1.54, 1.807) is 38.1 Å². The molecule has 2 unspecified atom stereocenters. The fourth-order valence-electron chi connectivity index (χ4n) is 3.50. The first-order valence-corrected chi connectivity index (χ1v) is 9.26. The second-order valence-corrected chi connectivity index (χ2v) is 7.66. The van der Waals surface area contributed by atoms with Crippen molar-refractivity contribution in [3.05, 3.63) is 34.9 Å². The number of urea groups is 1. The maximum Gasteiger partial charge on any atom is 0.325 e. The van der Waals surface area contributed by atoms with Gasteiger partial charge in [0.2, 0.25) is 5.91 Å². The summed E-state index contributed by atoms with van der Waals surface area (Å²) in [4.78, 5) is 38.8. The number of carbonyl (C=O) groups excluding carboxylic acids is 3. The summed E-state index contributed by atoms with van der Waals surface area (Å²) in [6.07, 6.45) is 2.08. The van der Waals surface area contributed by atoms with Crippen LogP contribution >= 0.6 is 11.6 Å². The van der Waals surface area contributed by atoms with Crippen molar-refractivity contribution in [3.63, 3.8) is 0 Å². The van der Waals surface area contributed by atoms with E-state index in [-0.39, 0.29) is 5.92 Å². The van der Waals surface area contributed by atoms with Crippen molar-refractivity contribution < 1.29 is 14.4 Å². The van der Waals surface area contributed by atoms with Crippen molar-refractivity contribution in [1.82, 2.24) is 15.5 Å². The van der Waals surface area contributed by atoms with Crippen LogP contribution in [0.2, 0.25) is 5.02 Å². The van der Waals surface area contributed by atoms with Gasteiger partial charge < -0.3 is 10.6 Å². The van der Waals surface area contributed by atoms with Gasteiger partial charge in [-0.05, 0) is 49.8 Å². The number of hydrogen-bond donors (Lipinski definition) is 2. The summed E-state index contributed by atoms with van der Waals surface area (Å²) in [7, 11) is 0. The SMILES string of the molecule is CCC1(c2ccc(Cl)cc2)NC(=O)N(CC(=O)NC(C)(C#N)C2CC2)C1=O. The van der Waals surface area contributed by atoms with Gasteiger partial charge in [0.25, 0.3) is 5.91 Å². The van der Waals surface area contributed by atoms with Gasteiger partial charge in [0, 0.05) is 5.02 Å². The highest BCUT2D eigenvalue weighted by Crippen LogP contribution is 2.39. The highest BCUT2D eigenvalue weighted by Gasteiger charge is 2.52. The number of halogens is 1. The molecule has 1 aliphatic heterocycles. The molecule has 2 atom stereocenters. The second-order valence-electron chi connectivity index (χ2n) is 7.22. The van der Waals surface area contributed by atoms with Gasteiger partial charge in [-0.25, -0.2) is 4.79 Å². The zero-order valence-electron chi connectivity index (χ0n) is 15.2. The molecule has 2 aliphatic rings. The molecule has 27 heavy (non-hydrogen) atoms. The number of carbonyl (C=O) groups is 3. The average Bonchev–Trinajstić information content (AvgIpc) is 3.47. The van der Waals surface area contributed by atoms with Gasteiger partial charge >= 0.3 is 6.03 Å². The normalized spacial score (nSPS) is 24.1. The lowest BCUT2D eigenvalue weighted by Crippen LogP contribution is -2.51. The van der Waals surface area contributed by atoms with E-state index < -0.39 is 35.5 Å². The van der Waals surface area contributed by atoms with Crippen LogP contribution in [0, 0.1) is 17.2 Å². The van der Waals surface area contributed by atoms with Gasteiger partial charge in [0.05, 0.1) is 6.07 Å². The van der Waals surface area contributed by atoms with Crippen molar-refractivity contribution in [2.75, 3.05) is 6.54 Å². The van der Waals surface area contributed by atoms with E-state index in [1.807, 2.05) is 0 Å². The Morgan fingerprint density at radius 2 is 2.04 bits per heavy atom. The van der Waals surface area contributed by atoms with Crippen molar-refractivity contribution in [2.24, 2.45) is 5.92 Å². The van der Waals surface area contributed by atoms with Gasteiger partial charge in [-0.15, -0.1) is 0 Å². The van der Waals surface area contributed by atoms with Gasteiger partial charge in [0.1, 0.15) is 17.6 Å². The molecule has 3 rings (SSSR count). The fraction of sp³-hybridized carbons (Fsp3) is 0.474. The molecule has 7 nitrogen and oxygen atoms in total. The number of amides is 4. The highest BCUT2D eigenvalue weighted by atomic mass is 35.5. The second kappa shape index (κ2) is 6.86. The maximum absolute atomic E-state index is 13.0. The topological polar surface area (TPSA) is 102 Å². The van der Waals surface area contributed by atoms with E-state index in [0.29, 0.717) is 17.0 Å². The molecule has 1 heterocycles. The first-order chi connectivity index (χ1) is 12.8. The van der Waals surface area contributed by atoms with Crippen LogP contribution in [-0.4, -0.2) is 34.8 Å². The summed E-state index contributed by atoms with van der Waals surface area (Å²) in [5, 5.41) is 15.3. The molecule has 0 aromatic heterocycles. The molecule has 1 aliphatic carbocycles. The van der Waals surface area contributed by atoms with Crippen LogP contribution in [0.1, 0.15) is 38.7 Å². The monoisotopic (exact) mass is 388 g/mol. The predicted octanol–water partition coefficient (Wildman–Crippen LogP) is 2.31. The summed E-state index contributed by atoms with van der Waals surface area (Å²) in [5.41, 5.74) is -1.60. The minimum absolute atomic E-state index is 0.110. The van der Waals surface area contributed by atoms with E-state index in [9.17, 15) is 19.6 Å². The standard InChI is InChI=1S/C19H21ClN4O3/c1-3-19(13-6-8-14(20)9-7-13)16(26)24(17(27)23-19)10-15(25)22-18(2,11-21)12-4-5-12/h6-9,12H,3-5,10H2,1-2H3,(H,22,25)(H,23,27). The van der Waals surface area contributed by atoms with Crippen molar-refractivity contribution in [3.8, 4) is 6.07 Å². The Bertz CT molecular complexity index is 830. The number of nitriles is 1. The van der Waals surface area contributed by atoms with E-state index >= 15 is 0 Å². The van der Waals surface area contributed by atoms with Gasteiger partial charge in [-0.2, -0.15) is 5.26 Å². The third kappa shape index (κ3) is 3.37. The molecule has 1 aromatic rings. The lowest BCUT2D eigenvalue weighted by atomic mass is 9.87. The van der Waals surface area contributed by atoms with Crippen molar-refractivity contribution >= 4 is 29.4 Å². The molecule has 2 fully saturated rings. The van der Waals surface area contributed by atoms with E-state index in [1.165, 1.54) is 0 Å². The Kier molecular flexibility index (Phi) is 4.87. The van der Waals surface area contributed by atoms with Gasteiger partial charge in [0.15, 0.2) is 0 Å². The molecule has 8 heteroatoms. The highest BCUT2D eigenvalue weighted by molar-refractivity contribution is 6.30. The fourth-order valence-corrected chi connectivity index (χ4v) is 3.62. The van der Waals surface area contributed by atoms with Crippen molar-refractivity contribution in [2.45, 2.75) is 44.2 Å². The number of hydrogen-bond acceptors (Lipinski definition) is 4. The van der Waals surface area contributed by atoms with Crippen LogP contribution in [0.5, 0.6) is 0 Å². The zero-order valence-corrected chi connectivity index (χ0v) is 16.0. The van der Waals surface area contributed by atoms with Crippen LogP contribution in [0.4, 0.5) is 4.79 Å². The van der Waals surface area contributed by atoms with Crippen LogP contribution in [0.3, 0.4) is 0 Å². The molecule has 4 amide bonds. The largest absolute Gasteiger partial charge is 0.336 e. The summed E-state index contributed by atoms with van der Waals surface area (Å²) < 4.78 is 0. The molecular weight excluding hydrogens is 368 g/mol. The van der Waals surface area contributed by atoms with Crippen LogP contribution in [-0.2, 0) is 15.1 Å². The Balaban J connectivity index is 1.78. The van der Waals surface area contributed by atoms with Crippen molar-refractivity contribution in [1.29, 1.82) is 5.26 Å². The minimum atomic E-state index is -1.23. The molecule has 1 aromatic carbocycles. The smallest absolute Gasteiger partial charge is 0.325 e. The number of rotatable bonds is 6. The third-order valence-corrected chi connectivity index (χ3v) is 5.62. The quantitative estimate of drug-likeness (QED) is 0.730. The summed E-state index contributed by atoms with van der Waals surface area (Å²) in [5.74, 6) is -0.909. The Morgan fingerprint density at radius 1 is 1.41 bits per heavy atom. The third-order valence-electron chi connectivity index (χ3n) is 5.37. The van der Waals surface area contributed by atoms with E-state index in [4.69, 9.17) is 11.6 Å². The summed E-state index contributed by atoms with van der Waals surface area (Å²) in [6, 6.07) is 8.18.